The Morgan fingerprint density at radius 3 is 2.52 bits per heavy atom. The molecule has 0 radical (unpaired) electrons. The van der Waals surface area contributed by atoms with Gasteiger partial charge in [0.2, 0.25) is 0 Å². The van der Waals surface area contributed by atoms with Crippen LogP contribution in [0.1, 0.15) is 5.56 Å². The number of nitrogens with zero attached hydrogens (tertiary/aromatic N) is 4. The molecule has 0 aliphatic carbocycles. The summed E-state index contributed by atoms with van der Waals surface area (Å²) in [7, 11) is 0. The van der Waals surface area contributed by atoms with Crippen LogP contribution in [0, 0.1) is 6.92 Å². The summed E-state index contributed by atoms with van der Waals surface area (Å²) in [6, 6.07) is 10.6. The van der Waals surface area contributed by atoms with Crippen molar-refractivity contribution in [3.8, 4) is 5.69 Å². The minimum Gasteiger partial charge on any atom is -0.383 e. The number of hydrogen-bond acceptors (Lipinski definition) is 5. The Balaban J connectivity index is 1.96. The van der Waals surface area contributed by atoms with E-state index < -0.39 is 11.6 Å². The highest BCUT2D eigenvalue weighted by atomic mass is 19.3. The van der Waals surface area contributed by atoms with Crippen LogP contribution in [0.15, 0.2) is 41.2 Å². The molecule has 1 aliphatic rings. The molecule has 1 saturated heterocycles. The van der Waals surface area contributed by atoms with Gasteiger partial charge in [-0.25, -0.2) is 23.1 Å². The summed E-state index contributed by atoms with van der Waals surface area (Å²) < 4.78 is 27.7. The fraction of sp³-hybridized carbons (Fsp3) is 0.235. The van der Waals surface area contributed by atoms with Gasteiger partial charge in [0.15, 0.2) is 5.65 Å². The van der Waals surface area contributed by atoms with E-state index in [0.29, 0.717) is 22.5 Å². The molecule has 3 heterocycles. The van der Waals surface area contributed by atoms with E-state index >= 15 is 0 Å². The second-order valence-corrected chi connectivity index (χ2v) is 6.15. The summed E-state index contributed by atoms with van der Waals surface area (Å²) in [5.41, 5.74) is 7.10. The summed E-state index contributed by atoms with van der Waals surface area (Å²) in [4.78, 5) is 22.2. The molecule has 3 aromatic rings. The average molecular weight is 343 g/mol. The first-order valence-electron chi connectivity index (χ1n) is 7.74. The fourth-order valence-electron chi connectivity index (χ4n) is 2.99. The standard InChI is InChI=1S/C17H15F2N5O/c1-10-4-2-3-5-12(10)24-15-11(14(20)22-16(24)25)6-7-13(21-15)23-8-17(18,19)9-23/h2-7H,8-9H2,1H3,(H2,20,22,25). The Kier molecular flexibility index (Phi) is 3.24. The van der Waals surface area contributed by atoms with E-state index in [9.17, 15) is 13.6 Å². The topological polar surface area (TPSA) is 77.0 Å². The Bertz CT molecular complexity index is 1040. The quantitative estimate of drug-likeness (QED) is 0.771. The summed E-state index contributed by atoms with van der Waals surface area (Å²) in [5, 5.41) is 0.499. The Morgan fingerprint density at radius 1 is 1.12 bits per heavy atom. The van der Waals surface area contributed by atoms with Crippen LogP contribution >= 0.6 is 0 Å². The van der Waals surface area contributed by atoms with E-state index in [1.807, 2.05) is 19.1 Å². The first kappa shape index (κ1) is 15.5. The third kappa shape index (κ3) is 2.50. The van der Waals surface area contributed by atoms with Gasteiger partial charge in [0.1, 0.15) is 11.6 Å². The largest absolute Gasteiger partial charge is 0.383 e. The third-order valence-corrected chi connectivity index (χ3v) is 4.28. The second kappa shape index (κ2) is 5.23. The number of nitrogens with two attached hydrogens (primary N) is 1. The number of alkyl halides is 2. The number of para-hydroxylation sites is 1. The smallest absolute Gasteiger partial charge is 0.355 e. The molecular formula is C17H15F2N5O. The van der Waals surface area contributed by atoms with Crippen molar-refractivity contribution in [3.05, 3.63) is 52.4 Å². The summed E-state index contributed by atoms with van der Waals surface area (Å²) >= 11 is 0. The van der Waals surface area contributed by atoms with E-state index in [-0.39, 0.29) is 18.9 Å². The molecule has 2 aromatic heterocycles. The predicted molar refractivity (Wildman–Crippen MR) is 91.4 cm³/mol. The van der Waals surface area contributed by atoms with E-state index in [1.54, 1.807) is 24.3 Å². The predicted octanol–water partition coefficient (Wildman–Crippen LogP) is 2.13. The van der Waals surface area contributed by atoms with Crippen molar-refractivity contribution in [1.82, 2.24) is 14.5 Å². The molecule has 128 valence electrons. The lowest BCUT2D eigenvalue weighted by Gasteiger charge is -2.39. The third-order valence-electron chi connectivity index (χ3n) is 4.28. The van der Waals surface area contributed by atoms with Crippen molar-refractivity contribution < 1.29 is 8.78 Å². The number of benzene rings is 1. The van der Waals surface area contributed by atoms with Crippen LogP contribution in [-0.2, 0) is 0 Å². The minimum absolute atomic E-state index is 0.0674. The zero-order valence-corrected chi connectivity index (χ0v) is 13.4. The number of anilines is 2. The van der Waals surface area contributed by atoms with Gasteiger partial charge in [0.25, 0.3) is 5.92 Å². The molecule has 6 nitrogen and oxygen atoms in total. The van der Waals surface area contributed by atoms with Gasteiger partial charge in [-0.3, -0.25) is 0 Å². The number of aryl methyl sites for hydroxylation is 1. The van der Waals surface area contributed by atoms with Gasteiger partial charge in [-0.1, -0.05) is 18.2 Å². The lowest BCUT2D eigenvalue weighted by atomic mass is 10.1. The molecule has 1 aromatic carbocycles. The van der Waals surface area contributed by atoms with Crippen LogP contribution in [0.3, 0.4) is 0 Å². The van der Waals surface area contributed by atoms with Crippen LogP contribution in [0.25, 0.3) is 16.7 Å². The molecule has 2 N–H and O–H groups in total. The van der Waals surface area contributed by atoms with E-state index in [1.165, 1.54) is 9.47 Å². The van der Waals surface area contributed by atoms with E-state index in [2.05, 4.69) is 9.97 Å². The molecule has 8 heteroatoms. The SMILES string of the molecule is Cc1ccccc1-n1c(=O)nc(N)c2ccc(N3CC(F)(F)C3)nc21. The molecule has 1 fully saturated rings. The monoisotopic (exact) mass is 343 g/mol. The molecule has 4 rings (SSSR count). The van der Waals surface area contributed by atoms with Gasteiger partial charge in [0.05, 0.1) is 24.2 Å². The van der Waals surface area contributed by atoms with Crippen LogP contribution in [0.5, 0.6) is 0 Å². The maximum atomic E-state index is 13.2. The van der Waals surface area contributed by atoms with Crippen LogP contribution in [0.4, 0.5) is 20.4 Å². The Morgan fingerprint density at radius 2 is 1.84 bits per heavy atom. The normalized spacial score (nSPS) is 16.0. The fourth-order valence-corrected chi connectivity index (χ4v) is 2.99. The number of rotatable bonds is 2. The Hall–Kier alpha value is -3.03. The van der Waals surface area contributed by atoms with E-state index in [0.717, 1.165) is 5.56 Å². The molecule has 0 spiro atoms. The molecule has 0 atom stereocenters. The van der Waals surface area contributed by atoms with Crippen molar-refractivity contribution in [2.45, 2.75) is 12.8 Å². The highest BCUT2D eigenvalue weighted by Gasteiger charge is 2.44. The van der Waals surface area contributed by atoms with Gasteiger partial charge in [-0.15, -0.1) is 0 Å². The number of halogens is 2. The van der Waals surface area contributed by atoms with Crippen molar-refractivity contribution in [3.63, 3.8) is 0 Å². The number of fused-ring (bicyclic) bond motifs is 1. The lowest BCUT2D eigenvalue weighted by Crippen LogP contribution is -2.56. The first-order valence-corrected chi connectivity index (χ1v) is 7.74. The molecule has 0 saturated carbocycles. The summed E-state index contributed by atoms with van der Waals surface area (Å²) in [5.74, 6) is -2.26. The lowest BCUT2D eigenvalue weighted by molar-refractivity contribution is -0.0266. The maximum absolute atomic E-state index is 13.2. The summed E-state index contributed by atoms with van der Waals surface area (Å²) in [6.07, 6.45) is 0. The van der Waals surface area contributed by atoms with E-state index in [4.69, 9.17) is 5.73 Å². The zero-order valence-electron chi connectivity index (χ0n) is 13.4. The molecule has 25 heavy (non-hydrogen) atoms. The minimum atomic E-state index is -2.70. The highest BCUT2D eigenvalue weighted by molar-refractivity contribution is 5.87. The van der Waals surface area contributed by atoms with Crippen LogP contribution < -0.4 is 16.3 Å². The average Bonchev–Trinajstić information content (AvgIpc) is 2.53. The number of nitrogen functional groups attached to an aromatic ring is 1. The first-order chi connectivity index (χ1) is 11.9. The van der Waals surface area contributed by atoms with Crippen LogP contribution in [0.2, 0.25) is 0 Å². The van der Waals surface area contributed by atoms with Crippen molar-refractivity contribution in [2.24, 2.45) is 0 Å². The summed E-state index contributed by atoms with van der Waals surface area (Å²) in [6.45, 7) is 1.09. The van der Waals surface area contributed by atoms with Gasteiger partial charge >= 0.3 is 5.69 Å². The Labute approximate surface area is 141 Å². The van der Waals surface area contributed by atoms with Gasteiger partial charge < -0.3 is 10.6 Å². The van der Waals surface area contributed by atoms with Gasteiger partial charge in [-0.05, 0) is 30.7 Å². The maximum Gasteiger partial charge on any atom is 0.355 e. The molecule has 0 amide bonds. The second-order valence-electron chi connectivity index (χ2n) is 6.15. The van der Waals surface area contributed by atoms with Crippen molar-refractivity contribution in [2.75, 3.05) is 23.7 Å². The highest BCUT2D eigenvalue weighted by Crippen LogP contribution is 2.32. The molecule has 1 aliphatic heterocycles. The zero-order chi connectivity index (χ0) is 17.8. The molecule has 0 bridgehead atoms. The van der Waals surface area contributed by atoms with Crippen molar-refractivity contribution in [1.29, 1.82) is 0 Å². The number of hydrogen-bond donors (Lipinski definition) is 1. The van der Waals surface area contributed by atoms with Gasteiger partial charge in [-0.2, -0.15) is 4.98 Å². The molecular weight excluding hydrogens is 328 g/mol. The van der Waals surface area contributed by atoms with Gasteiger partial charge in [0, 0.05) is 0 Å². The van der Waals surface area contributed by atoms with Crippen molar-refractivity contribution >= 4 is 22.7 Å². The van der Waals surface area contributed by atoms with Crippen LogP contribution in [-0.4, -0.2) is 33.5 Å². The molecule has 0 unspecified atom stereocenters. The number of aromatic nitrogens is 3. The number of pyridine rings is 1.